The van der Waals surface area contributed by atoms with E-state index in [1.807, 2.05) is 12.1 Å². The van der Waals surface area contributed by atoms with Gasteiger partial charge in [-0.3, -0.25) is 4.79 Å². The number of carbonyl (C=O) groups excluding carboxylic acids is 1. The van der Waals surface area contributed by atoms with Crippen molar-refractivity contribution in [1.29, 1.82) is 0 Å². The zero-order chi connectivity index (χ0) is 12.4. The number of halogens is 1. The molecule has 2 N–H and O–H groups in total. The second-order valence-electron chi connectivity index (χ2n) is 3.75. The molecule has 0 saturated carbocycles. The first-order chi connectivity index (χ1) is 8.09. The highest BCUT2D eigenvalue weighted by molar-refractivity contribution is 6.30. The van der Waals surface area contributed by atoms with Crippen LogP contribution in [0, 0.1) is 0 Å². The summed E-state index contributed by atoms with van der Waals surface area (Å²) >= 11 is 5.93. The largest absolute Gasteiger partial charge is 0.368 e. The molecule has 0 fully saturated rings. The highest BCUT2D eigenvalue weighted by atomic mass is 35.5. The highest BCUT2D eigenvalue weighted by Gasteiger charge is 2.15. The van der Waals surface area contributed by atoms with E-state index in [9.17, 15) is 4.79 Å². The van der Waals surface area contributed by atoms with Crippen molar-refractivity contribution in [3.63, 3.8) is 0 Å². The molecule has 17 heavy (non-hydrogen) atoms. The first-order valence-corrected chi connectivity index (χ1v) is 5.55. The van der Waals surface area contributed by atoms with Gasteiger partial charge in [0.05, 0.1) is 0 Å². The lowest BCUT2D eigenvalue weighted by atomic mass is 10.2. The molecule has 4 nitrogen and oxygen atoms in total. The molecule has 0 aliphatic rings. The van der Waals surface area contributed by atoms with Crippen LogP contribution in [0.15, 0.2) is 36.7 Å². The maximum absolute atomic E-state index is 11.2. The molecule has 1 aromatic heterocycles. The van der Waals surface area contributed by atoms with Crippen molar-refractivity contribution in [1.82, 2.24) is 9.55 Å². The van der Waals surface area contributed by atoms with Gasteiger partial charge in [-0.15, -0.1) is 0 Å². The van der Waals surface area contributed by atoms with Crippen LogP contribution in [0.25, 0.3) is 11.4 Å². The lowest BCUT2D eigenvalue weighted by molar-refractivity contribution is -0.120. The third kappa shape index (κ3) is 2.31. The number of nitrogens with zero attached hydrogens (tertiary/aromatic N) is 2. The minimum Gasteiger partial charge on any atom is -0.368 e. The zero-order valence-electron chi connectivity index (χ0n) is 9.30. The van der Waals surface area contributed by atoms with Gasteiger partial charge in [0.25, 0.3) is 0 Å². The van der Waals surface area contributed by atoms with Gasteiger partial charge in [0.15, 0.2) is 0 Å². The standard InChI is InChI=1S/C12H12ClN3O/c1-8(11(14)17)16-6-5-15-12(16)9-3-2-4-10(13)7-9/h2-8H,1H3,(H2,14,17). The van der Waals surface area contributed by atoms with Gasteiger partial charge in [-0.1, -0.05) is 23.7 Å². The number of amides is 1. The topological polar surface area (TPSA) is 60.9 Å². The smallest absolute Gasteiger partial charge is 0.240 e. The summed E-state index contributed by atoms with van der Waals surface area (Å²) < 4.78 is 1.73. The molecular formula is C12H12ClN3O. The average Bonchev–Trinajstić information content (AvgIpc) is 2.76. The van der Waals surface area contributed by atoms with Crippen molar-refractivity contribution in [3.05, 3.63) is 41.7 Å². The van der Waals surface area contributed by atoms with Crippen LogP contribution >= 0.6 is 11.6 Å². The third-order valence-corrected chi connectivity index (χ3v) is 2.82. The minimum absolute atomic E-state index is 0.397. The van der Waals surface area contributed by atoms with E-state index in [2.05, 4.69) is 4.98 Å². The number of hydrogen-bond donors (Lipinski definition) is 1. The molecule has 0 bridgehead atoms. The Morgan fingerprint density at radius 1 is 1.53 bits per heavy atom. The van der Waals surface area contributed by atoms with Crippen molar-refractivity contribution >= 4 is 17.5 Å². The van der Waals surface area contributed by atoms with Crippen LogP contribution in [0.5, 0.6) is 0 Å². The molecule has 0 radical (unpaired) electrons. The van der Waals surface area contributed by atoms with Crippen molar-refractivity contribution in [2.24, 2.45) is 5.73 Å². The van der Waals surface area contributed by atoms with E-state index in [-0.39, 0.29) is 0 Å². The SMILES string of the molecule is CC(C(N)=O)n1ccnc1-c1cccc(Cl)c1. The number of rotatable bonds is 3. The van der Waals surface area contributed by atoms with Gasteiger partial charge in [0.1, 0.15) is 11.9 Å². The van der Waals surface area contributed by atoms with Gasteiger partial charge >= 0.3 is 0 Å². The first-order valence-electron chi connectivity index (χ1n) is 5.17. The molecule has 1 aromatic carbocycles. The second-order valence-corrected chi connectivity index (χ2v) is 4.18. The maximum Gasteiger partial charge on any atom is 0.240 e. The first kappa shape index (κ1) is 11.7. The second kappa shape index (κ2) is 4.59. The highest BCUT2D eigenvalue weighted by Crippen LogP contribution is 2.23. The van der Waals surface area contributed by atoms with Crippen LogP contribution in [0.1, 0.15) is 13.0 Å². The van der Waals surface area contributed by atoms with E-state index in [1.54, 1.807) is 36.0 Å². The molecule has 0 saturated heterocycles. The quantitative estimate of drug-likeness (QED) is 0.907. The molecule has 1 heterocycles. The van der Waals surface area contributed by atoms with E-state index in [0.29, 0.717) is 10.8 Å². The van der Waals surface area contributed by atoms with Crippen molar-refractivity contribution in [2.75, 3.05) is 0 Å². The Hall–Kier alpha value is -1.81. The molecule has 1 atom stereocenters. The monoisotopic (exact) mass is 249 g/mol. The summed E-state index contributed by atoms with van der Waals surface area (Å²) in [7, 11) is 0. The number of nitrogens with two attached hydrogens (primary N) is 1. The van der Waals surface area contributed by atoms with Gasteiger partial charge in [-0.05, 0) is 19.1 Å². The lowest BCUT2D eigenvalue weighted by Gasteiger charge is -2.13. The number of benzene rings is 1. The van der Waals surface area contributed by atoms with Crippen LogP contribution in [-0.4, -0.2) is 15.5 Å². The number of aromatic nitrogens is 2. The Kier molecular flexibility index (Phi) is 3.15. The summed E-state index contributed by atoms with van der Waals surface area (Å²) in [6.45, 7) is 1.73. The summed E-state index contributed by atoms with van der Waals surface area (Å²) in [4.78, 5) is 15.4. The maximum atomic E-state index is 11.2. The van der Waals surface area contributed by atoms with Crippen molar-refractivity contribution < 1.29 is 4.79 Å². The van der Waals surface area contributed by atoms with E-state index in [1.165, 1.54) is 0 Å². The molecule has 1 amide bonds. The molecule has 0 aliphatic carbocycles. The van der Waals surface area contributed by atoms with Gasteiger partial charge in [-0.2, -0.15) is 0 Å². The van der Waals surface area contributed by atoms with E-state index < -0.39 is 11.9 Å². The molecular weight excluding hydrogens is 238 g/mol. The number of primary amides is 1. The van der Waals surface area contributed by atoms with Crippen molar-refractivity contribution in [2.45, 2.75) is 13.0 Å². The zero-order valence-corrected chi connectivity index (χ0v) is 10.1. The molecule has 88 valence electrons. The van der Waals surface area contributed by atoms with Gasteiger partial charge < -0.3 is 10.3 Å². The third-order valence-electron chi connectivity index (χ3n) is 2.58. The normalized spacial score (nSPS) is 12.4. The predicted octanol–water partition coefficient (Wildman–Crippen LogP) is 2.25. The van der Waals surface area contributed by atoms with E-state index in [0.717, 1.165) is 5.56 Å². The molecule has 0 aliphatic heterocycles. The summed E-state index contributed by atoms with van der Waals surface area (Å²) in [5.41, 5.74) is 6.15. The Labute approximate surface area is 104 Å². The van der Waals surface area contributed by atoms with Gasteiger partial charge in [0, 0.05) is 23.0 Å². The molecule has 5 heteroatoms. The van der Waals surface area contributed by atoms with Crippen LogP contribution in [0.3, 0.4) is 0 Å². The van der Waals surface area contributed by atoms with Crippen molar-refractivity contribution in [3.8, 4) is 11.4 Å². The summed E-state index contributed by atoms with van der Waals surface area (Å²) in [5.74, 6) is 0.282. The fourth-order valence-corrected chi connectivity index (χ4v) is 1.80. The summed E-state index contributed by atoms with van der Waals surface area (Å²) in [6, 6.07) is 6.88. The minimum atomic E-state index is -0.438. The van der Waals surface area contributed by atoms with Crippen LogP contribution in [-0.2, 0) is 4.79 Å². The Morgan fingerprint density at radius 3 is 2.94 bits per heavy atom. The Bertz CT molecular complexity index is 550. The molecule has 0 spiro atoms. The van der Waals surface area contributed by atoms with E-state index >= 15 is 0 Å². The predicted molar refractivity (Wildman–Crippen MR) is 66.6 cm³/mol. The van der Waals surface area contributed by atoms with Gasteiger partial charge in [-0.25, -0.2) is 4.98 Å². The molecule has 1 unspecified atom stereocenters. The Balaban J connectivity index is 2.47. The van der Waals surface area contributed by atoms with Crippen LogP contribution in [0.4, 0.5) is 0 Å². The number of hydrogen-bond acceptors (Lipinski definition) is 2. The fourth-order valence-electron chi connectivity index (χ4n) is 1.61. The lowest BCUT2D eigenvalue weighted by Crippen LogP contribution is -2.24. The summed E-state index contributed by atoms with van der Waals surface area (Å²) in [5, 5.41) is 0.628. The average molecular weight is 250 g/mol. The molecule has 2 aromatic rings. The van der Waals surface area contributed by atoms with E-state index in [4.69, 9.17) is 17.3 Å². The number of carbonyl (C=O) groups is 1. The van der Waals surface area contributed by atoms with Gasteiger partial charge in [0.2, 0.25) is 5.91 Å². The Morgan fingerprint density at radius 2 is 2.29 bits per heavy atom. The van der Waals surface area contributed by atoms with Crippen LogP contribution in [0.2, 0.25) is 5.02 Å². The molecule has 2 rings (SSSR count). The number of imidazole rings is 1. The summed E-state index contributed by atoms with van der Waals surface area (Å²) in [6.07, 6.45) is 3.36. The fraction of sp³-hybridized carbons (Fsp3) is 0.167. The van der Waals surface area contributed by atoms with Crippen LogP contribution < -0.4 is 5.73 Å².